The van der Waals surface area contributed by atoms with E-state index in [9.17, 15) is 14.4 Å². The predicted octanol–water partition coefficient (Wildman–Crippen LogP) is 4.49. The largest absolute Gasteiger partial charge is 0.444 e. The molecule has 2 atom stereocenters. The number of nitrogens with zero attached hydrogens (tertiary/aromatic N) is 1. The van der Waals surface area contributed by atoms with Gasteiger partial charge in [0.05, 0.1) is 0 Å². The lowest BCUT2D eigenvalue weighted by Gasteiger charge is -2.44. The molecule has 1 aromatic rings. The molecule has 0 saturated heterocycles. The Kier molecular flexibility index (Phi) is 9.30. The van der Waals surface area contributed by atoms with Crippen LogP contribution in [0.2, 0.25) is 0 Å². The van der Waals surface area contributed by atoms with Crippen molar-refractivity contribution in [3.05, 3.63) is 35.4 Å². The molecule has 2 unspecified atom stereocenters. The average molecular weight is 448 g/mol. The monoisotopic (exact) mass is 447 g/mol. The highest BCUT2D eigenvalue weighted by Crippen LogP contribution is 2.32. The molecule has 0 aliphatic carbocycles. The Hall–Kier alpha value is -2.57. The Balaban J connectivity index is 3.45. The van der Waals surface area contributed by atoms with E-state index in [1.807, 2.05) is 65.8 Å². The molecule has 0 saturated carbocycles. The van der Waals surface area contributed by atoms with Crippen LogP contribution in [-0.4, -0.2) is 46.0 Å². The van der Waals surface area contributed by atoms with Crippen LogP contribution in [0, 0.1) is 6.92 Å². The highest BCUT2D eigenvalue weighted by atomic mass is 16.6. The van der Waals surface area contributed by atoms with E-state index in [0.717, 1.165) is 11.1 Å². The standard InChI is InChI=1S/C25H41N3O4/c1-11-25(9,10)28(22(30)18(5)27-23(31)32-24(6,7)8)20(21(29)26-16(2)3)19-14-12-13-17(4)15-19/h12-16,18,20H,11H2,1-10H3,(H,26,29)(H,27,31). The van der Waals surface area contributed by atoms with Gasteiger partial charge in [-0.3, -0.25) is 9.59 Å². The van der Waals surface area contributed by atoms with Crippen molar-refractivity contribution < 1.29 is 19.1 Å². The molecule has 1 rings (SSSR count). The molecule has 7 heteroatoms. The highest BCUT2D eigenvalue weighted by molar-refractivity contribution is 5.92. The average Bonchev–Trinajstić information content (AvgIpc) is 2.62. The van der Waals surface area contributed by atoms with Crippen molar-refractivity contribution in [3.8, 4) is 0 Å². The molecule has 2 N–H and O–H groups in total. The second kappa shape index (κ2) is 10.8. The van der Waals surface area contributed by atoms with E-state index in [1.165, 1.54) is 0 Å². The van der Waals surface area contributed by atoms with Crippen LogP contribution in [-0.2, 0) is 14.3 Å². The SMILES string of the molecule is CCC(C)(C)N(C(=O)C(C)NC(=O)OC(C)(C)C)C(C(=O)NC(C)C)c1cccc(C)c1. The number of carbonyl (C=O) groups excluding carboxylic acids is 3. The summed E-state index contributed by atoms with van der Waals surface area (Å²) >= 11 is 0. The molecule has 0 heterocycles. The number of nitrogens with one attached hydrogen (secondary N) is 2. The van der Waals surface area contributed by atoms with E-state index in [-0.39, 0.29) is 17.9 Å². The Labute approximate surface area is 193 Å². The number of amides is 3. The Morgan fingerprint density at radius 3 is 2.09 bits per heavy atom. The third-order valence-electron chi connectivity index (χ3n) is 5.15. The first-order valence-electron chi connectivity index (χ1n) is 11.3. The number of hydrogen-bond donors (Lipinski definition) is 2. The van der Waals surface area contributed by atoms with Gasteiger partial charge in [-0.2, -0.15) is 0 Å². The molecule has 0 radical (unpaired) electrons. The predicted molar refractivity (Wildman–Crippen MR) is 127 cm³/mol. The second-order valence-electron chi connectivity index (χ2n) is 10.2. The zero-order valence-electron chi connectivity index (χ0n) is 21.3. The molecule has 0 aromatic heterocycles. The fourth-order valence-corrected chi connectivity index (χ4v) is 3.32. The summed E-state index contributed by atoms with van der Waals surface area (Å²) in [5.74, 6) is -0.613. The minimum atomic E-state index is -0.880. The fraction of sp³-hybridized carbons (Fsp3) is 0.640. The first-order valence-corrected chi connectivity index (χ1v) is 11.3. The van der Waals surface area contributed by atoms with Crippen LogP contribution in [0.4, 0.5) is 4.79 Å². The summed E-state index contributed by atoms with van der Waals surface area (Å²) in [5, 5.41) is 5.58. The number of carbonyl (C=O) groups is 3. The van der Waals surface area contributed by atoms with E-state index >= 15 is 0 Å². The van der Waals surface area contributed by atoms with E-state index in [4.69, 9.17) is 4.74 Å². The topological polar surface area (TPSA) is 87.7 Å². The lowest BCUT2D eigenvalue weighted by atomic mass is 9.91. The third-order valence-corrected chi connectivity index (χ3v) is 5.15. The van der Waals surface area contributed by atoms with Crippen molar-refractivity contribution in [3.63, 3.8) is 0 Å². The van der Waals surface area contributed by atoms with Gasteiger partial charge in [0.25, 0.3) is 0 Å². The van der Waals surface area contributed by atoms with E-state index < -0.39 is 29.3 Å². The van der Waals surface area contributed by atoms with E-state index in [0.29, 0.717) is 6.42 Å². The highest BCUT2D eigenvalue weighted by Gasteiger charge is 2.42. The molecule has 180 valence electrons. The minimum Gasteiger partial charge on any atom is -0.444 e. The van der Waals surface area contributed by atoms with Gasteiger partial charge in [-0.15, -0.1) is 0 Å². The van der Waals surface area contributed by atoms with Crippen LogP contribution in [0.5, 0.6) is 0 Å². The molecule has 0 aliphatic rings. The van der Waals surface area contributed by atoms with Gasteiger partial charge >= 0.3 is 6.09 Å². The maximum absolute atomic E-state index is 13.7. The summed E-state index contributed by atoms with van der Waals surface area (Å²) in [7, 11) is 0. The van der Waals surface area contributed by atoms with Crippen molar-refractivity contribution in [1.29, 1.82) is 0 Å². The lowest BCUT2D eigenvalue weighted by molar-refractivity contribution is -0.149. The van der Waals surface area contributed by atoms with Crippen molar-refractivity contribution >= 4 is 17.9 Å². The van der Waals surface area contributed by atoms with Gasteiger partial charge in [-0.25, -0.2) is 4.79 Å². The van der Waals surface area contributed by atoms with Crippen molar-refractivity contribution in [2.75, 3.05) is 0 Å². The normalized spacial score (nSPS) is 13.8. The Morgan fingerprint density at radius 2 is 1.62 bits per heavy atom. The molecule has 3 amide bonds. The van der Waals surface area contributed by atoms with Crippen molar-refractivity contribution in [2.45, 2.75) is 105 Å². The van der Waals surface area contributed by atoms with Gasteiger partial charge in [0.2, 0.25) is 11.8 Å². The minimum absolute atomic E-state index is 0.0891. The number of aryl methyl sites for hydroxylation is 1. The number of alkyl carbamates (subject to hydrolysis) is 1. The van der Waals surface area contributed by atoms with Crippen molar-refractivity contribution in [2.24, 2.45) is 0 Å². The molecule has 0 aliphatic heterocycles. The molecule has 32 heavy (non-hydrogen) atoms. The first kappa shape index (κ1) is 27.5. The Morgan fingerprint density at radius 1 is 1.03 bits per heavy atom. The second-order valence-corrected chi connectivity index (χ2v) is 10.2. The van der Waals surface area contributed by atoms with Gasteiger partial charge in [0, 0.05) is 11.6 Å². The van der Waals surface area contributed by atoms with E-state index in [1.54, 1.807) is 32.6 Å². The molecule has 0 bridgehead atoms. The summed E-state index contributed by atoms with van der Waals surface area (Å²) in [6, 6.07) is 5.79. The number of rotatable bonds is 8. The van der Waals surface area contributed by atoms with Crippen LogP contribution >= 0.6 is 0 Å². The van der Waals surface area contributed by atoms with Crippen LogP contribution in [0.1, 0.15) is 85.9 Å². The summed E-state index contributed by atoms with van der Waals surface area (Å²) in [4.78, 5) is 41.0. The molecular formula is C25H41N3O4. The van der Waals surface area contributed by atoms with E-state index in [2.05, 4.69) is 10.6 Å². The molecule has 7 nitrogen and oxygen atoms in total. The lowest BCUT2D eigenvalue weighted by Crippen LogP contribution is -2.59. The first-order chi connectivity index (χ1) is 14.6. The zero-order chi connectivity index (χ0) is 24.9. The van der Waals surface area contributed by atoms with Crippen LogP contribution in [0.15, 0.2) is 24.3 Å². The summed E-state index contributed by atoms with van der Waals surface area (Å²) < 4.78 is 5.31. The number of hydrogen-bond acceptors (Lipinski definition) is 4. The summed E-state index contributed by atoms with van der Waals surface area (Å²) in [6.45, 7) is 18.4. The van der Waals surface area contributed by atoms with Gasteiger partial charge < -0.3 is 20.3 Å². The van der Waals surface area contributed by atoms with Gasteiger partial charge in [0.15, 0.2) is 0 Å². The molecular weight excluding hydrogens is 406 g/mol. The van der Waals surface area contributed by atoms with Gasteiger partial charge in [-0.1, -0.05) is 36.8 Å². The quantitative estimate of drug-likeness (QED) is 0.615. The summed E-state index contributed by atoms with van der Waals surface area (Å²) in [6.07, 6.45) is -0.0545. The number of benzene rings is 1. The third kappa shape index (κ3) is 7.84. The van der Waals surface area contributed by atoms with Gasteiger partial charge in [-0.05, 0) is 74.3 Å². The number of ether oxygens (including phenoxy) is 1. The molecule has 0 fully saturated rings. The maximum Gasteiger partial charge on any atom is 0.408 e. The maximum atomic E-state index is 13.7. The smallest absolute Gasteiger partial charge is 0.408 e. The van der Waals surface area contributed by atoms with Crippen LogP contribution < -0.4 is 10.6 Å². The zero-order valence-corrected chi connectivity index (χ0v) is 21.3. The molecule has 0 spiro atoms. The van der Waals surface area contributed by atoms with Crippen LogP contribution in [0.3, 0.4) is 0 Å². The Bertz CT molecular complexity index is 812. The van der Waals surface area contributed by atoms with Crippen LogP contribution in [0.25, 0.3) is 0 Å². The summed E-state index contributed by atoms with van der Waals surface area (Å²) in [5.41, 5.74) is 0.383. The van der Waals surface area contributed by atoms with Crippen molar-refractivity contribution in [1.82, 2.24) is 15.5 Å². The van der Waals surface area contributed by atoms with Gasteiger partial charge in [0.1, 0.15) is 17.7 Å². The fourth-order valence-electron chi connectivity index (χ4n) is 3.32. The molecule has 1 aromatic carbocycles.